The van der Waals surface area contributed by atoms with E-state index in [4.69, 9.17) is 15.2 Å². The Hall–Kier alpha value is -2.00. The van der Waals surface area contributed by atoms with E-state index in [1.54, 1.807) is 7.11 Å². The van der Waals surface area contributed by atoms with Crippen LogP contribution in [0.25, 0.3) is 0 Å². The van der Waals surface area contributed by atoms with Crippen LogP contribution in [0.2, 0.25) is 0 Å². The first-order valence-corrected chi connectivity index (χ1v) is 7.31. The summed E-state index contributed by atoms with van der Waals surface area (Å²) in [6.45, 7) is 2.67. The van der Waals surface area contributed by atoms with Crippen molar-refractivity contribution in [2.45, 2.75) is 25.8 Å². The summed E-state index contributed by atoms with van der Waals surface area (Å²) in [5.74, 6) is 1.78. The Kier molecular flexibility index (Phi) is 5.64. The van der Waals surface area contributed by atoms with Gasteiger partial charge in [0.15, 0.2) is 0 Å². The van der Waals surface area contributed by atoms with Gasteiger partial charge in [0.05, 0.1) is 13.7 Å². The van der Waals surface area contributed by atoms with Crippen molar-refractivity contribution >= 4 is 0 Å². The molecule has 0 heterocycles. The van der Waals surface area contributed by atoms with Crippen molar-refractivity contribution in [1.82, 2.24) is 0 Å². The Morgan fingerprint density at radius 1 is 0.952 bits per heavy atom. The largest absolute Gasteiger partial charge is 0.497 e. The SMILES string of the molecule is CCOc1ccc(CC(N)Cc2cccc(OC)c2)cc1. The average Bonchev–Trinajstić information content (AvgIpc) is 2.49. The van der Waals surface area contributed by atoms with Crippen LogP contribution in [0.5, 0.6) is 11.5 Å². The fourth-order valence-electron chi connectivity index (χ4n) is 2.37. The van der Waals surface area contributed by atoms with Gasteiger partial charge in [-0.1, -0.05) is 24.3 Å². The van der Waals surface area contributed by atoms with Crippen molar-refractivity contribution in [2.24, 2.45) is 5.73 Å². The second-order valence-corrected chi connectivity index (χ2v) is 5.10. The molecule has 0 aromatic heterocycles. The third kappa shape index (κ3) is 4.80. The minimum atomic E-state index is 0.0926. The predicted octanol–water partition coefficient (Wildman–Crippen LogP) is 3.21. The van der Waals surface area contributed by atoms with Gasteiger partial charge in [-0.25, -0.2) is 0 Å². The van der Waals surface area contributed by atoms with Gasteiger partial charge < -0.3 is 15.2 Å². The van der Waals surface area contributed by atoms with Crippen molar-refractivity contribution in [3.8, 4) is 11.5 Å². The fourth-order valence-corrected chi connectivity index (χ4v) is 2.37. The van der Waals surface area contributed by atoms with E-state index in [9.17, 15) is 0 Å². The molecule has 0 saturated carbocycles. The molecule has 0 aliphatic rings. The van der Waals surface area contributed by atoms with Gasteiger partial charge in [-0.2, -0.15) is 0 Å². The highest BCUT2D eigenvalue weighted by molar-refractivity contribution is 5.30. The average molecular weight is 285 g/mol. The molecule has 21 heavy (non-hydrogen) atoms. The number of benzene rings is 2. The van der Waals surface area contributed by atoms with E-state index in [1.165, 1.54) is 11.1 Å². The summed E-state index contributed by atoms with van der Waals surface area (Å²) in [5, 5.41) is 0. The first-order chi connectivity index (χ1) is 10.2. The highest BCUT2D eigenvalue weighted by Gasteiger charge is 2.07. The second-order valence-electron chi connectivity index (χ2n) is 5.10. The lowest BCUT2D eigenvalue weighted by molar-refractivity contribution is 0.340. The third-order valence-electron chi connectivity index (χ3n) is 3.36. The molecular weight excluding hydrogens is 262 g/mol. The van der Waals surface area contributed by atoms with Crippen molar-refractivity contribution in [1.29, 1.82) is 0 Å². The summed E-state index contributed by atoms with van der Waals surface area (Å²) in [6, 6.07) is 16.3. The molecule has 0 saturated heterocycles. The van der Waals surface area contributed by atoms with Gasteiger partial charge in [0.25, 0.3) is 0 Å². The zero-order valence-corrected chi connectivity index (χ0v) is 12.7. The van der Waals surface area contributed by atoms with E-state index in [2.05, 4.69) is 18.2 Å². The van der Waals surface area contributed by atoms with Crippen LogP contribution >= 0.6 is 0 Å². The molecule has 0 amide bonds. The molecule has 0 bridgehead atoms. The molecule has 0 aliphatic heterocycles. The van der Waals surface area contributed by atoms with Crippen molar-refractivity contribution in [3.05, 3.63) is 59.7 Å². The van der Waals surface area contributed by atoms with E-state index in [0.29, 0.717) is 6.61 Å². The molecule has 2 aromatic carbocycles. The number of hydrogen-bond donors (Lipinski definition) is 1. The second kappa shape index (κ2) is 7.70. The standard InChI is InChI=1S/C18H23NO2/c1-3-21-17-9-7-14(8-10-17)11-16(19)12-15-5-4-6-18(13-15)20-2/h4-10,13,16H,3,11-12,19H2,1-2H3. The van der Waals surface area contributed by atoms with Crippen molar-refractivity contribution in [3.63, 3.8) is 0 Å². The van der Waals surface area contributed by atoms with Crippen LogP contribution in [0, 0.1) is 0 Å². The molecule has 2 rings (SSSR count). The van der Waals surface area contributed by atoms with Gasteiger partial charge in [0.2, 0.25) is 0 Å². The summed E-state index contributed by atoms with van der Waals surface area (Å²) in [7, 11) is 1.68. The minimum Gasteiger partial charge on any atom is -0.497 e. The molecule has 0 fully saturated rings. The monoisotopic (exact) mass is 285 g/mol. The topological polar surface area (TPSA) is 44.5 Å². The molecule has 0 radical (unpaired) electrons. The maximum absolute atomic E-state index is 6.25. The van der Waals surface area contributed by atoms with Crippen LogP contribution in [0.4, 0.5) is 0 Å². The Balaban J connectivity index is 1.92. The molecule has 3 nitrogen and oxygen atoms in total. The van der Waals surface area contributed by atoms with Crippen molar-refractivity contribution < 1.29 is 9.47 Å². The highest BCUT2D eigenvalue weighted by Crippen LogP contribution is 2.16. The van der Waals surface area contributed by atoms with E-state index in [1.807, 2.05) is 37.3 Å². The summed E-state index contributed by atoms with van der Waals surface area (Å²) in [5.41, 5.74) is 8.69. The first-order valence-electron chi connectivity index (χ1n) is 7.31. The number of hydrogen-bond acceptors (Lipinski definition) is 3. The predicted molar refractivity (Wildman–Crippen MR) is 86.0 cm³/mol. The lowest BCUT2D eigenvalue weighted by Gasteiger charge is -2.13. The number of ether oxygens (including phenoxy) is 2. The van der Waals surface area contributed by atoms with Gasteiger partial charge in [-0.15, -0.1) is 0 Å². The molecule has 1 atom stereocenters. The van der Waals surface area contributed by atoms with E-state index in [0.717, 1.165) is 24.3 Å². The normalized spacial score (nSPS) is 12.0. The maximum atomic E-state index is 6.25. The van der Waals surface area contributed by atoms with Gasteiger partial charge in [0, 0.05) is 6.04 Å². The first kappa shape index (κ1) is 15.4. The van der Waals surface area contributed by atoms with Gasteiger partial charge in [-0.05, 0) is 55.2 Å². The molecule has 2 N–H and O–H groups in total. The molecular formula is C18H23NO2. The van der Waals surface area contributed by atoms with E-state index < -0.39 is 0 Å². The zero-order chi connectivity index (χ0) is 15.1. The van der Waals surface area contributed by atoms with Crippen molar-refractivity contribution in [2.75, 3.05) is 13.7 Å². The van der Waals surface area contributed by atoms with E-state index in [-0.39, 0.29) is 6.04 Å². The quantitative estimate of drug-likeness (QED) is 0.849. The van der Waals surface area contributed by atoms with Gasteiger partial charge in [-0.3, -0.25) is 0 Å². The maximum Gasteiger partial charge on any atom is 0.119 e. The van der Waals surface area contributed by atoms with E-state index >= 15 is 0 Å². The molecule has 1 unspecified atom stereocenters. The lowest BCUT2D eigenvalue weighted by atomic mass is 9.99. The van der Waals surface area contributed by atoms with Crippen LogP contribution in [0.1, 0.15) is 18.1 Å². The van der Waals surface area contributed by atoms with Crippen LogP contribution in [-0.2, 0) is 12.8 Å². The summed E-state index contributed by atoms with van der Waals surface area (Å²) in [6.07, 6.45) is 1.69. The Labute approximate surface area is 126 Å². The van der Waals surface area contributed by atoms with Gasteiger partial charge in [0.1, 0.15) is 11.5 Å². The fraction of sp³-hybridized carbons (Fsp3) is 0.333. The van der Waals surface area contributed by atoms with Crippen LogP contribution in [0.3, 0.4) is 0 Å². The Bertz CT molecular complexity index is 551. The zero-order valence-electron chi connectivity index (χ0n) is 12.7. The smallest absolute Gasteiger partial charge is 0.119 e. The van der Waals surface area contributed by atoms with Gasteiger partial charge >= 0.3 is 0 Å². The highest BCUT2D eigenvalue weighted by atomic mass is 16.5. The summed E-state index contributed by atoms with van der Waals surface area (Å²) < 4.78 is 10.7. The Morgan fingerprint density at radius 2 is 1.67 bits per heavy atom. The molecule has 112 valence electrons. The lowest BCUT2D eigenvalue weighted by Crippen LogP contribution is -2.25. The molecule has 0 spiro atoms. The number of rotatable bonds is 7. The van der Waals surface area contributed by atoms with Crippen LogP contribution < -0.4 is 15.2 Å². The number of methoxy groups -OCH3 is 1. The molecule has 3 heteroatoms. The van der Waals surface area contributed by atoms with Crippen LogP contribution in [-0.4, -0.2) is 19.8 Å². The molecule has 0 aliphatic carbocycles. The summed E-state index contributed by atoms with van der Waals surface area (Å²) in [4.78, 5) is 0. The number of nitrogens with two attached hydrogens (primary N) is 1. The third-order valence-corrected chi connectivity index (χ3v) is 3.36. The minimum absolute atomic E-state index is 0.0926. The summed E-state index contributed by atoms with van der Waals surface area (Å²) >= 11 is 0. The molecule has 2 aromatic rings. The van der Waals surface area contributed by atoms with Crippen LogP contribution in [0.15, 0.2) is 48.5 Å². The Morgan fingerprint density at radius 3 is 2.33 bits per heavy atom.